The van der Waals surface area contributed by atoms with Gasteiger partial charge in [-0.3, -0.25) is 9.59 Å². The largest absolute Gasteiger partial charge is 0.462 e. The van der Waals surface area contributed by atoms with Gasteiger partial charge in [-0.05, 0) is 88.0 Å². The first kappa shape index (κ1) is 47.0. The molecule has 3 saturated heterocycles. The summed E-state index contributed by atoms with van der Waals surface area (Å²) in [4.78, 5) is 42.5. The van der Waals surface area contributed by atoms with Crippen LogP contribution in [0.5, 0.6) is 0 Å². The minimum atomic E-state index is -1.71. The molecule has 0 aromatic rings. The Balaban J connectivity index is 1.16. The van der Waals surface area contributed by atoms with Crippen molar-refractivity contribution in [3.05, 3.63) is 23.8 Å². The number of carbonyl (C=O) groups excluding carboxylic acids is 3. The van der Waals surface area contributed by atoms with Crippen molar-refractivity contribution in [2.75, 3.05) is 35.0 Å². The fourth-order valence-electron chi connectivity index (χ4n) is 10.6. The number of ketones is 1. The Kier molecular flexibility index (Phi) is 16.2. The fourth-order valence-corrected chi connectivity index (χ4v) is 10.8. The molecule has 0 aromatic carbocycles. The number of methoxy groups -OCH3 is 3. The van der Waals surface area contributed by atoms with E-state index in [9.17, 15) is 14.4 Å². The van der Waals surface area contributed by atoms with Crippen LogP contribution in [0.2, 0.25) is 0 Å². The normalized spacial score (nSPS) is 41.7. The maximum Gasteiger partial charge on any atom is 0.409 e. The van der Waals surface area contributed by atoms with Crippen molar-refractivity contribution in [3.63, 3.8) is 0 Å². The van der Waals surface area contributed by atoms with E-state index in [-0.39, 0.29) is 97.0 Å². The summed E-state index contributed by atoms with van der Waals surface area (Å²) in [6.45, 7) is 7.43. The smallest absolute Gasteiger partial charge is 0.409 e. The van der Waals surface area contributed by atoms with Crippen LogP contribution in [0.25, 0.3) is 0 Å². The number of halogens is 3. The first-order valence-corrected chi connectivity index (χ1v) is 22.5. The Morgan fingerprint density at radius 2 is 1.61 bits per heavy atom. The van der Waals surface area contributed by atoms with Crippen molar-refractivity contribution < 1.29 is 57.0 Å². The molecule has 0 unspecified atom stereocenters. The average molecular weight is 893 g/mol. The number of cyclic esters (lactones) is 1. The van der Waals surface area contributed by atoms with Gasteiger partial charge in [0.1, 0.15) is 31.0 Å². The van der Waals surface area contributed by atoms with Crippen LogP contribution < -0.4 is 0 Å². The Morgan fingerprint density at radius 3 is 2.27 bits per heavy atom. The molecule has 3 heterocycles. The van der Waals surface area contributed by atoms with E-state index in [2.05, 4.69) is 18.2 Å². The highest BCUT2D eigenvalue weighted by Gasteiger charge is 2.53. The maximum absolute atomic E-state index is 14.8. The summed E-state index contributed by atoms with van der Waals surface area (Å²) in [6, 6.07) is -0.288. The standard InChI is InChI=1S/C43H64Cl3NO12/c1-9-26-11-10-12-34(59-36-16-15-33(23(3)55-36)47(5)42(50)54-21-43(44,45)46)22(2)37(49)32-19-30-28(31(32)20-35(48)57-26)14-13-25-17-27(18-29(25)30)58-41-40(53-8)39(52-7)38(51-6)24(4)56-41/h13-14,19,22-31,33-34,36,38-41H,9-12,15-18,20-21H2,1-8H3/t22-,23+,24+,25-,26+,27-,28-,29-,30-,31+,33+,34-,36+,38+,39-,40-,41+/m1/s1. The van der Waals surface area contributed by atoms with Gasteiger partial charge < -0.3 is 47.5 Å². The topological polar surface area (TPSA) is 138 Å². The third-order valence-electron chi connectivity index (χ3n) is 13.7. The lowest BCUT2D eigenvalue weighted by Gasteiger charge is -2.44. The highest BCUT2D eigenvalue weighted by Crippen LogP contribution is 2.54. The lowest BCUT2D eigenvalue weighted by atomic mass is 9.70. The number of hydrogen-bond donors (Lipinski definition) is 0. The summed E-state index contributed by atoms with van der Waals surface area (Å²) in [5, 5.41) is 0. The van der Waals surface area contributed by atoms with Gasteiger partial charge in [0.25, 0.3) is 0 Å². The third-order valence-corrected chi connectivity index (χ3v) is 14.1. The van der Waals surface area contributed by atoms with Crippen molar-refractivity contribution in [3.8, 4) is 0 Å². The second-order valence-electron chi connectivity index (χ2n) is 17.3. The van der Waals surface area contributed by atoms with Gasteiger partial charge in [-0.2, -0.15) is 0 Å². The van der Waals surface area contributed by atoms with Gasteiger partial charge in [0, 0.05) is 46.6 Å². The molecule has 6 rings (SSSR count). The van der Waals surface area contributed by atoms with Crippen LogP contribution in [0.3, 0.4) is 0 Å². The summed E-state index contributed by atoms with van der Waals surface area (Å²) in [6.07, 6.45) is 7.77. The number of esters is 1. The summed E-state index contributed by atoms with van der Waals surface area (Å²) in [5.74, 6) is -0.568. The lowest BCUT2D eigenvalue weighted by Crippen LogP contribution is -2.59. The van der Waals surface area contributed by atoms with Gasteiger partial charge in [0.05, 0.1) is 36.9 Å². The molecule has 0 aromatic heterocycles. The first-order valence-electron chi connectivity index (χ1n) is 21.4. The molecular weight excluding hydrogens is 829 g/mol. The highest BCUT2D eigenvalue weighted by molar-refractivity contribution is 6.67. The highest BCUT2D eigenvalue weighted by atomic mass is 35.6. The molecule has 0 bridgehead atoms. The molecule has 1 amide bonds. The van der Waals surface area contributed by atoms with Crippen molar-refractivity contribution >= 4 is 52.6 Å². The molecule has 0 N–H and O–H groups in total. The summed E-state index contributed by atoms with van der Waals surface area (Å²) < 4.78 is 53.0. The second kappa shape index (κ2) is 20.3. The summed E-state index contributed by atoms with van der Waals surface area (Å²) in [5.41, 5.74) is 0.687. The molecule has 59 heavy (non-hydrogen) atoms. The van der Waals surface area contributed by atoms with Gasteiger partial charge in [0.2, 0.25) is 3.79 Å². The Hall–Kier alpha value is -1.52. The van der Waals surface area contributed by atoms with E-state index in [1.165, 1.54) is 4.90 Å². The molecule has 17 atom stereocenters. The monoisotopic (exact) mass is 891 g/mol. The molecule has 3 aliphatic heterocycles. The number of nitrogens with zero attached hydrogens (tertiary/aromatic N) is 1. The average Bonchev–Trinajstić information content (AvgIpc) is 3.78. The Bertz CT molecular complexity index is 1530. The van der Waals surface area contributed by atoms with Gasteiger partial charge in [0.15, 0.2) is 18.4 Å². The maximum atomic E-state index is 14.8. The molecule has 0 spiro atoms. The van der Waals surface area contributed by atoms with Crippen LogP contribution >= 0.6 is 34.8 Å². The molecule has 4 fully saturated rings. The molecule has 0 radical (unpaired) electrons. The predicted octanol–water partition coefficient (Wildman–Crippen LogP) is 7.36. The van der Waals surface area contributed by atoms with E-state index in [1.54, 1.807) is 28.4 Å². The van der Waals surface area contributed by atoms with E-state index >= 15 is 0 Å². The lowest BCUT2D eigenvalue weighted by molar-refractivity contribution is -0.314. The van der Waals surface area contributed by atoms with Crippen LogP contribution in [-0.4, -0.2) is 129 Å². The SMILES string of the molecule is CC[C@H]1CCC[C@@H](O[C@H]2CC[C@H](N(C)C(=O)OCC(Cl)(Cl)Cl)[C@H](C)O2)[C@@H](C)C(=O)C2=C[C@@H]3[C@@H](C=C[C@@H]4C[C@@H](O[C@@H]5O[C@@H](C)[C@H](OC)[C@@H](OC)[C@H]5OC)C[C@@H]34)[C@@H]2CC(=O)O1. The molecule has 16 heteroatoms. The number of alkyl halides is 3. The van der Waals surface area contributed by atoms with E-state index in [0.29, 0.717) is 44.1 Å². The number of Topliss-reactive ketones (excluding diaryl/α,β-unsaturated/α-hetero) is 1. The van der Waals surface area contributed by atoms with Gasteiger partial charge in [-0.15, -0.1) is 0 Å². The van der Waals surface area contributed by atoms with Crippen molar-refractivity contribution in [1.29, 1.82) is 0 Å². The first-order chi connectivity index (χ1) is 28.1. The number of likely N-dealkylation sites (N-methyl/N-ethyl adjacent to an activating group) is 1. The van der Waals surface area contributed by atoms with Crippen molar-refractivity contribution in [2.24, 2.45) is 35.5 Å². The van der Waals surface area contributed by atoms with E-state index in [0.717, 1.165) is 12.8 Å². The molecular formula is C43H64Cl3NO12. The zero-order chi connectivity index (χ0) is 42.8. The van der Waals surface area contributed by atoms with Crippen LogP contribution in [0.4, 0.5) is 4.79 Å². The molecule has 6 aliphatic rings. The Labute approximate surface area is 364 Å². The number of carbonyl (C=O) groups is 3. The predicted molar refractivity (Wildman–Crippen MR) is 220 cm³/mol. The van der Waals surface area contributed by atoms with Gasteiger partial charge in [-0.25, -0.2) is 4.79 Å². The van der Waals surface area contributed by atoms with Crippen LogP contribution in [0, 0.1) is 35.5 Å². The van der Waals surface area contributed by atoms with Crippen molar-refractivity contribution in [2.45, 2.75) is 157 Å². The Morgan fingerprint density at radius 1 is 0.881 bits per heavy atom. The molecule has 3 aliphatic carbocycles. The van der Waals surface area contributed by atoms with Crippen LogP contribution in [0.1, 0.15) is 85.5 Å². The van der Waals surface area contributed by atoms with Gasteiger partial charge >= 0.3 is 12.1 Å². The van der Waals surface area contributed by atoms with E-state index in [1.807, 2.05) is 27.7 Å². The molecule has 1 saturated carbocycles. The number of fused-ring (bicyclic) bond motifs is 5. The van der Waals surface area contributed by atoms with E-state index < -0.39 is 40.6 Å². The molecule has 334 valence electrons. The molecule has 13 nitrogen and oxygen atoms in total. The van der Waals surface area contributed by atoms with Crippen LogP contribution in [-0.2, 0) is 52.2 Å². The summed E-state index contributed by atoms with van der Waals surface area (Å²) >= 11 is 17.3. The quantitative estimate of drug-likeness (QED) is 0.123. The zero-order valence-electron chi connectivity index (χ0n) is 35.6. The zero-order valence-corrected chi connectivity index (χ0v) is 37.9. The van der Waals surface area contributed by atoms with Crippen LogP contribution in [0.15, 0.2) is 23.8 Å². The number of amides is 1. The minimum absolute atomic E-state index is 0.00504. The number of hydrogen-bond acceptors (Lipinski definition) is 12. The summed E-state index contributed by atoms with van der Waals surface area (Å²) in [7, 11) is 6.55. The van der Waals surface area contributed by atoms with Gasteiger partial charge in [-0.1, -0.05) is 66.9 Å². The minimum Gasteiger partial charge on any atom is -0.462 e. The number of rotatable bonds is 10. The number of ether oxygens (including phenoxy) is 9. The number of allylic oxidation sites excluding steroid dienone is 4. The van der Waals surface area contributed by atoms with Crippen molar-refractivity contribution in [1.82, 2.24) is 4.90 Å². The second-order valence-corrected chi connectivity index (χ2v) is 19.8. The fraction of sp³-hybridized carbons (Fsp3) is 0.837. The van der Waals surface area contributed by atoms with E-state index in [4.69, 9.17) is 77.4 Å². The third kappa shape index (κ3) is 10.8.